The van der Waals surface area contributed by atoms with Gasteiger partial charge in [0.15, 0.2) is 0 Å². The predicted octanol–water partition coefficient (Wildman–Crippen LogP) is -3.40. The van der Waals surface area contributed by atoms with Crippen LogP contribution in [0.4, 0.5) is 0 Å². The summed E-state index contributed by atoms with van der Waals surface area (Å²) in [5.74, 6) is -4.37. The summed E-state index contributed by atoms with van der Waals surface area (Å²) in [5, 5.41) is 17.9. The monoisotopic (exact) mass is 212 g/mol. The third-order valence-electron chi connectivity index (χ3n) is 0.167. The van der Waals surface area contributed by atoms with E-state index in [4.69, 9.17) is 19.8 Å². The van der Waals surface area contributed by atoms with Crippen LogP contribution < -0.4 is 10.2 Å². The van der Waals surface area contributed by atoms with Crippen LogP contribution in [0.15, 0.2) is 0 Å². The zero-order valence-corrected chi connectivity index (χ0v) is 5.99. The molecule has 0 aromatic carbocycles. The summed E-state index contributed by atoms with van der Waals surface area (Å²) in [7, 11) is 0. The second-order valence-corrected chi connectivity index (χ2v) is 0.575. The first-order valence-corrected chi connectivity index (χ1v) is 1.07. The first-order valence-electron chi connectivity index (χ1n) is 1.07. The third-order valence-corrected chi connectivity index (χ3v) is 0.167. The van der Waals surface area contributed by atoms with E-state index in [0.29, 0.717) is 0 Å². The Bertz CT molecular complexity index is 82.6. The molecule has 40 valence electrons. The Morgan fingerprint density at radius 1 is 1.14 bits per heavy atom. The molecule has 7 heavy (non-hydrogen) atoms. The Hall–Kier alpha value is -0.261. The Labute approximate surface area is 59.1 Å². The van der Waals surface area contributed by atoms with Gasteiger partial charge in [0, 0.05) is 2.85 Å². The quantitative estimate of drug-likeness (QED) is 0.308. The Morgan fingerprint density at radius 2 is 1.29 bits per heavy atom. The van der Waals surface area contributed by atoms with Crippen molar-refractivity contribution in [2.45, 2.75) is 0 Å². The molecule has 0 bridgehead atoms. The van der Waals surface area contributed by atoms with E-state index < -0.39 is 11.9 Å². The molecule has 4 nitrogen and oxygen atoms in total. The fraction of sp³-hybridized carbons (Fsp3) is 0. The first kappa shape index (κ1) is 9.88. The number of carboxylic acids is 2. The van der Waals surface area contributed by atoms with Crippen LogP contribution in [0.3, 0.4) is 0 Å². The van der Waals surface area contributed by atoms with Gasteiger partial charge in [0.05, 0.1) is 11.9 Å². The molecule has 2 radical (unpaired) electrons. The number of aliphatic carboxylic acids is 2. The fourth-order valence-corrected chi connectivity index (χ4v) is 0. The molecule has 0 spiro atoms. The van der Waals surface area contributed by atoms with Crippen LogP contribution in [-0.2, 0) is 9.59 Å². The van der Waals surface area contributed by atoms with Gasteiger partial charge in [-0.15, -0.1) is 0 Å². The maximum atomic E-state index is 8.93. The molecule has 0 saturated carbocycles. The minimum Gasteiger partial charge on any atom is -0.543 e. The van der Waals surface area contributed by atoms with E-state index in [1.807, 2.05) is 0 Å². The van der Waals surface area contributed by atoms with Gasteiger partial charge in [0.1, 0.15) is 0 Å². The number of hydrogen-bond acceptors (Lipinski definition) is 4. The maximum absolute atomic E-state index is 8.93. The Kier molecular flexibility index (Phi) is 5.52. The van der Waals surface area contributed by atoms with Gasteiger partial charge in [-0.3, -0.25) is 0 Å². The summed E-state index contributed by atoms with van der Waals surface area (Å²) in [5.41, 5.74) is 0. The maximum Gasteiger partial charge on any atom is 2.00 e. The van der Waals surface area contributed by atoms with E-state index in [1.165, 1.54) is 0 Å². The molecule has 0 aromatic heterocycles. The fourth-order valence-electron chi connectivity index (χ4n) is 0. The van der Waals surface area contributed by atoms with Crippen LogP contribution >= 0.6 is 0 Å². The standard InChI is InChI=1S/C2H2O4.Sn.2H2/c3-1(4)2(5)6;;;/h(H,3,4)(H,5,6);;2*1H/q;+2;;/p-2. The van der Waals surface area contributed by atoms with Gasteiger partial charge in [-0.05, 0) is 0 Å². The van der Waals surface area contributed by atoms with Crippen molar-refractivity contribution in [3.8, 4) is 0 Å². The van der Waals surface area contributed by atoms with Crippen molar-refractivity contribution < 1.29 is 22.7 Å². The second-order valence-electron chi connectivity index (χ2n) is 0.575. The number of carbonyl (C=O) groups is 2. The minimum absolute atomic E-state index is 0. The minimum atomic E-state index is -2.19. The smallest absolute Gasteiger partial charge is 0.543 e. The van der Waals surface area contributed by atoms with Crippen molar-refractivity contribution in [2.24, 2.45) is 0 Å². The zero-order chi connectivity index (χ0) is 5.15. The summed E-state index contributed by atoms with van der Waals surface area (Å²) in [4.78, 5) is 17.9. The summed E-state index contributed by atoms with van der Waals surface area (Å²) >= 11 is 0. The molecule has 0 atom stereocenters. The molecule has 0 saturated heterocycles. The van der Waals surface area contributed by atoms with Gasteiger partial charge < -0.3 is 19.8 Å². The Morgan fingerprint density at radius 3 is 1.29 bits per heavy atom. The van der Waals surface area contributed by atoms with Gasteiger partial charge in [-0.25, -0.2) is 0 Å². The molecule has 0 heterocycles. The van der Waals surface area contributed by atoms with E-state index in [2.05, 4.69) is 0 Å². The zero-order valence-electron chi connectivity index (χ0n) is 3.13. The number of rotatable bonds is 0. The van der Waals surface area contributed by atoms with Gasteiger partial charge in [-0.2, -0.15) is 0 Å². The molecular formula is C2H4O4Sn. The van der Waals surface area contributed by atoms with Crippen LogP contribution in [0, 0.1) is 0 Å². The van der Waals surface area contributed by atoms with Crippen LogP contribution in [0.5, 0.6) is 0 Å². The van der Waals surface area contributed by atoms with E-state index in [1.54, 1.807) is 0 Å². The number of carboxylic acid groups (broad SMARTS) is 2. The van der Waals surface area contributed by atoms with Crippen molar-refractivity contribution in [3.05, 3.63) is 0 Å². The van der Waals surface area contributed by atoms with E-state index >= 15 is 0 Å². The van der Waals surface area contributed by atoms with Gasteiger partial charge in [-0.1, -0.05) is 0 Å². The van der Waals surface area contributed by atoms with E-state index in [-0.39, 0.29) is 26.8 Å². The van der Waals surface area contributed by atoms with Crippen molar-refractivity contribution in [3.63, 3.8) is 0 Å². The molecule has 0 N–H and O–H groups in total. The van der Waals surface area contributed by atoms with Gasteiger partial charge >= 0.3 is 23.9 Å². The van der Waals surface area contributed by atoms with E-state index in [9.17, 15) is 0 Å². The molecule has 0 fully saturated rings. The summed E-state index contributed by atoms with van der Waals surface area (Å²) < 4.78 is 0. The average molecular weight is 211 g/mol. The SMILES string of the molecule is O=C([O-])C(=O)[O-].[HH].[HH].[Sn+2]. The summed E-state index contributed by atoms with van der Waals surface area (Å²) in [6.07, 6.45) is 0. The van der Waals surface area contributed by atoms with Crippen molar-refractivity contribution >= 4 is 35.8 Å². The molecule has 5 heteroatoms. The molecule has 0 rings (SSSR count). The van der Waals surface area contributed by atoms with Crippen LogP contribution in [0.1, 0.15) is 2.85 Å². The van der Waals surface area contributed by atoms with Crippen molar-refractivity contribution in [1.82, 2.24) is 0 Å². The van der Waals surface area contributed by atoms with Crippen molar-refractivity contribution in [1.29, 1.82) is 0 Å². The van der Waals surface area contributed by atoms with Crippen LogP contribution in [0.2, 0.25) is 0 Å². The van der Waals surface area contributed by atoms with Gasteiger partial charge in [0.2, 0.25) is 0 Å². The molecule has 0 aromatic rings. The molecule has 0 aliphatic carbocycles. The molecule has 0 aliphatic heterocycles. The third kappa shape index (κ3) is 5.74. The van der Waals surface area contributed by atoms with Crippen LogP contribution in [-0.4, -0.2) is 35.8 Å². The Balaban J connectivity index is -0.0000000417. The molecule has 0 aliphatic rings. The summed E-state index contributed by atoms with van der Waals surface area (Å²) in [6.45, 7) is 0. The largest absolute Gasteiger partial charge is 2.00 e. The second kappa shape index (κ2) is 3.91. The van der Waals surface area contributed by atoms with E-state index in [0.717, 1.165) is 0 Å². The normalized spacial score (nSPS) is 6.29. The predicted molar refractivity (Wildman–Crippen MR) is 20.0 cm³/mol. The van der Waals surface area contributed by atoms with Gasteiger partial charge in [0.25, 0.3) is 0 Å². The average Bonchev–Trinajstić information content (AvgIpc) is 1.36. The number of hydrogen-bond donors (Lipinski definition) is 0. The summed E-state index contributed by atoms with van der Waals surface area (Å²) in [6, 6.07) is 0. The molecule has 0 unspecified atom stereocenters. The van der Waals surface area contributed by atoms with Crippen LogP contribution in [0.25, 0.3) is 0 Å². The molecular weight excluding hydrogens is 207 g/mol. The number of carbonyl (C=O) groups excluding carboxylic acids is 2. The first-order chi connectivity index (χ1) is 2.64. The topological polar surface area (TPSA) is 80.3 Å². The van der Waals surface area contributed by atoms with Crippen molar-refractivity contribution in [2.75, 3.05) is 0 Å². The molecule has 0 amide bonds.